The molecule has 2 aromatic carbocycles. The van der Waals surface area contributed by atoms with Gasteiger partial charge in [0.25, 0.3) is 0 Å². The average molecular weight is 316 g/mol. The number of benzene rings is 2. The second kappa shape index (κ2) is 6.82. The monoisotopic (exact) mass is 315 g/mol. The number of nitrogens with zero attached hydrogens (tertiary/aromatic N) is 1. The molecule has 1 fully saturated rings. The fraction of sp³-hybridized carbons (Fsp3) is 0.368. The van der Waals surface area contributed by atoms with E-state index in [0.717, 1.165) is 35.8 Å². The normalized spacial score (nSPS) is 22.7. The largest absolute Gasteiger partial charge is 0.373 e. The summed E-state index contributed by atoms with van der Waals surface area (Å²) in [6, 6.07) is 16.7. The van der Waals surface area contributed by atoms with Crippen molar-refractivity contribution in [2.24, 2.45) is 0 Å². The quantitative estimate of drug-likeness (QED) is 0.819. The van der Waals surface area contributed by atoms with Crippen LogP contribution in [0.2, 0.25) is 5.02 Å². The van der Waals surface area contributed by atoms with Gasteiger partial charge in [-0.15, -0.1) is 0 Å². The number of hydrogen-bond acceptors (Lipinski definition) is 2. The maximum Gasteiger partial charge on any atom is 0.0678 e. The molecular weight excluding hydrogens is 294 g/mol. The van der Waals surface area contributed by atoms with Crippen LogP contribution in [0.1, 0.15) is 19.4 Å². The summed E-state index contributed by atoms with van der Waals surface area (Å²) >= 11 is 6.26. The maximum absolute atomic E-state index is 6.26. The molecule has 0 bridgehead atoms. The van der Waals surface area contributed by atoms with E-state index in [4.69, 9.17) is 16.3 Å². The van der Waals surface area contributed by atoms with Crippen LogP contribution in [0.5, 0.6) is 0 Å². The molecule has 1 aliphatic rings. The fourth-order valence-corrected chi connectivity index (χ4v) is 3.40. The first-order chi connectivity index (χ1) is 10.6. The molecule has 3 heteroatoms. The summed E-state index contributed by atoms with van der Waals surface area (Å²) in [4.78, 5) is 2.46. The first-order valence-corrected chi connectivity index (χ1v) is 8.21. The molecule has 1 aliphatic heterocycles. The average Bonchev–Trinajstić information content (AvgIpc) is 2.48. The van der Waals surface area contributed by atoms with Gasteiger partial charge in [-0.05, 0) is 31.0 Å². The van der Waals surface area contributed by atoms with Gasteiger partial charge in [0.05, 0.1) is 12.2 Å². The summed E-state index contributed by atoms with van der Waals surface area (Å²) in [5, 5.41) is 0.797. The van der Waals surface area contributed by atoms with Gasteiger partial charge in [0.1, 0.15) is 0 Å². The zero-order chi connectivity index (χ0) is 15.5. The van der Waals surface area contributed by atoms with Crippen LogP contribution in [-0.2, 0) is 11.3 Å². The predicted octanol–water partition coefficient (Wildman–Crippen LogP) is 4.62. The maximum atomic E-state index is 6.26. The van der Waals surface area contributed by atoms with E-state index in [1.807, 2.05) is 18.2 Å². The minimum absolute atomic E-state index is 0.311. The SMILES string of the molecule is CC1CN(Cc2ccc(-c3ccccc3Cl)cc2)CC(C)O1. The molecule has 1 heterocycles. The Morgan fingerprint density at radius 1 is 1.00 bits per heavy atom. The molecule has 2 nitrogen and oxygen atoms in total. The van der Waals surface area contributed by atoms with Crippen molar-refractivity contribution in [2.75, 3.05) is 13.1 Å². The highest BCUT2D eigenvalue weighted by Crippen LogP contribution is 2.27. The lowest BCUT2D eigenvalue weighted by molar-refractivity contribution is -0.0704. The second-order valence-corrected chi connectivity index (χ2v) is 6.54. The Bertz CT molecular complexity index is 616. The van der Waals surface area contributed by atoms with Gasteiger partial charge < -0.3 is 4.74 Å². The lowest BCUT2D eigenvalue weighted by Gasteiger charge is -2.35. The first kappa shape index (κ1) is 15.5. The van der Waals surface area contributed by atoms with Gasteiger partial charge >= 0.3 is 0 Å². The molecule has 2 unspecified atom stereocenters. The summed E-state index contributed by atoms with van der Waals surface area (Å²) in [5.74, 6) is 0. The van der Waals surface area contributed by atoms with E-state index in [2.05, 4.69) is 49.1 Å². The van der Waals surface area contributed by atoms with Crippen molar-refractivity contribution in [3.8, 4) is 11.1 Å². The molecule has 2 atom stereocenters. The second-order valence-electron chi connectivity index (χ2n) is 6.13. The van der Waals surface area contributed by atoms with Gasteiger partial charge in [-0.25, -0.2) is 0 Å². The van der Waals surface area contributed by atoms with Crippen molar-refractivity contribution in [3.05, 3.63) is 59.1 Å². The topological polar surface area (TPSA) is 12.5 Å². The van der Waals surface area contributed by atoms with Crippen LogP contribution >= 0.6 is 11.6 Å². The third-order valence-corrected chi connectivity index (χ3v) is 4.37. The van der Waals surface area contributed by atoms with E-state index in [9.17, 15) is 0 Å². The van der Waals surface area contributed by atoms with E-state index in [1.165, 1.54) is 5.56 Å². The minimum Gasteiger partial charge on any atom is -0.373 e. The van der Waals surface area contributed by atoms with Gasteiger partial charge in [0, 0.05) is 30.2 Å². The third-order valence-electron chi connectivity index (χ3n) is 4.04. The molecule has 0 radical (unpaired) electrons. The summed E-state index contributed by atoms with van der Waals surface area (Å²) in [5.41, 5.74) is 3.58. The Morgan fingerprint density at radius 3 is 2.27 bits per heavy atom. The van der Waals surface area contributed by atoms with Crippen molar-refractivity contribution in [1.82, 2.24) is 4.90 Å². The van der Waals surface area contributed by atoms with Crippen molar-refractivity contribution < 1.29 is 4.74 Å². The molecule has 0 spiro atoms. The van der Waals surface area contributed by atoms with Crippen LogP contribution in [0.25, 0.3) is 11.1 Å². The molecule has 0 aliphatic carbocycles. The van der Waals surface area contributed by atoms with Gasteiger partial charge in [0.15, 0.2) is 0 Å². The Labute approximate surface area is 137 Å². The first-order valence-electron chi connectivity index (χ1n) is 7.83. The molecule has 22 heavy (non-hydrogen) atoms. The Morgan fingerprint density at radius 2 is 1.64 bits per heavy atom. The van der Waals surface area contributed by atoms with Crippen molar-refractivity contribution >= 4 is 11.6 Å². The van der Waals surface area contributed by atoms with Crippen LogP contribution in [0, 0.1) is 0 Å². The zero-order valence-corrected chi connectivity index (χ0v) is 13.9. The highest BCUT2D eigenvalue weighted by Gasteiger charge is 2.21. The van der Waals surface area contributed by atoms with Gasteiger partial charge in [0.2, 0.25) is 0 Å². The lowest BCUT2D eigenvalue weighted by atomic mass is 10.0. The summed E-state index contributed by atoms with van der Waals surface area (Å²) in [6.07, 6.45) is 0.622. The van der Waals surface area contributed by atoms with Crippen LogP contribution in [-0.4, -0.2) is 30.2 Å². The van der Waals surface area contributed by atoms with Crippen LogP contribution in [0.15, 0.2) is 48.5 Å². The predicted molar refractivity (Wildman–Crippen MR) is 92.2 cm³/mol. The number of rotatable bonds is 3. The van der Waals surface area contributed by atoms with Crippen LogP contribution < -0.4 is 0 Å². The van der Waals surface area contributed by atoms with Gasteiger partial charge in [-0.2, -0.15) is 0 Å². The van der Waals surface area contributed by atoms with Crippen molar-refractivity contribution in [3.63, 3.8) is 0 Å². The van der Waals surface area contributed by atoms with Crippen LogP contribution in [0.3, 0.4) is 0 Å². The summed E-state index contributed by atoms with van der Waals surface area (Å²) in [7, 11) is 0. The molecule has 0 N–H and O–H groups in total. The molecule has 1 saturated heterocycles. The van der Waals surface area contributed by atoms with E-state index in [-0.39, 0.29) is 0 Å². The fourth-order valence-electron chi connectivity index (χ4n) is 3.16. The van der Waals surface area contributed by atoms with E-state index < -0.39 is 0 Å². The number of morpholine rings is 1. The molecule has 3 rings (SSSR count). The van der Waals surface area contributed by atoms with E-state index in [0.29, 0.717) is 12.2 Å². The number of halogens is 1. The summed E-state index contributed by atoms with van der Waals surface area (Å²) < 4.78 is 5.79. The minimum atomic E-state index is 0.311. The third kappa shape index (κ3) is 3.70. The Balaban J connectivity index is 1.71. The van der Waals surface area contributed by atoms with E-state index in [1.54, 1.807) is 0 Å². The van der Waals surface area contributed by atoms with Crippen molar-refractivity contribution in [1.29, 1.82) is 0 Å². The van der Waals surface area contributed by atoms with Gasteiger partial charge in [-0.1, -0.05) is 54.1 Å². The number of ether oxygens (including phenoxy) is 1. The summed E-state index contributed by atoms with van der Waals surface area (Å²) in [6.45, 7) is 7.25. The molecule has 0 amide bonds. The smallest absolute Gasteiger partial charge is 0.0678 e. The molecular formula is C19H22ClNO. The Hall–Kier alpha value is -1.35. The van der Waals surface area contributed by atoms with Crippen LogP contribution in [0.4, 0.5) is 0 Å². The molecule has 0 aromatic heterocycles. The van der Waals surface area contributed by atoms with Gasteiger partial charge in [-0.3, -0.25) is 4.90 Å². The number of hydrogen-bond donors (Lipinski definition) is 0. The van der Waals surface area contributed by atoms with E-state index >= 15 is 0 Å². The molecule has 2 aromatic rings. The molecule has 116 valence electrons. The molecule has 0 saturated carbocycles. The zero-order valence-electron chi connectivity index (χ0n) is 13.1. The van der Waals surface area contributed by atoms with Crippen molar-refractivity contribution in [2.45, 2.75) is 32.6 Å². The standard InChI is InChI=1S/C19H22ClNO/c1-14-11-21(12-15(2)22-14)13-16-7-9-17(10-8-16)18-5-3-4-6-19(18)20/h3-10,14-15H,11-13H2,1-2H3. The Kier molecular flexibility index (Phi) is 4.82. The highest BCUT2D eigenvalue weighted by atomic mass is 35.5. The highest BCUT2D eigenvalue weighted by molar-refractivity contribution is 6.33. The lowest BCUT2D eigenvalue weighted by Crippen LogP contribution is -2.44.